The number of thiazole rings is 1. The molecule has 1 amide bonds. The number of nitrogens with one attached hydrogen (secondary N) is 1. The Labute approximate surface area is 161 Å². The zero-order valence-electron chi connectivity index (χ0n) is 14.7. The van der Waals surface area contributed by atoms with Gasteiger partial charge in [0.05, 0.1) is 7.11 Å². The van der Waals surface area contributed by atoms with Gasteiger partial charge in [-0.25, -0.2) is 4.98 Å². The predicted molar refractivity (Wildman–Crippen MR) is 107 cm³/mol. The number of benzene rings is 2. The SMILES string of the molecule is COc1ccc(Cc2cnc(NC(=O)/C(C#N)=C/c3ccccc3)s2)cc1. The van der Waals surface area contributed by atoms with Crippen molar-refractivity contribution in [3.8, 4) is 11.8 Å². The molecule has 0 aliphatic heterocycles. The fourth-order valence-corrected chi connectivity index (χ4v) is 3.26. The molecule has 0 atom stereocenters. The van der Waals surface area contributed by atoms with Crippen LogP contribution in [0.1, 0.15) is 16.0 Å². The summed E-state index contributed by atoms with van der Waals surface area (Å²) in [5, 5.41) is 12.4. The van der Waals surface area contributed by atoms with E-state index < -0.39 is 5.91 Å². The summed E-state index contributed by atoms with van der Waals surface area (Å²) in [6, 6.07) is 19.0. The van der Waals surface area contributed by atoms with Crippen molar-refractivity contribution in [1.29, 1.82) is 5.26 Å². The molecule has 0 aliphatic rings. The van der Waals surface area contributed by atoms with E-state index >= 15 is 0 Å². The zero-order valence-corrected chi connectivity index (χ0v) is 15.5. The van der Waals surface area contributed by atoms with Gasteiger partial charge in [-0.1, -0.05) is 42.5 Å². The highest BCUT2D eigenvalue weighted by Crippen LogP contribution is 2.23. The van der Waals surface area contributed by atoms with Gasteiger partial charge in [0.25, 0.3) is 5.91 Å². The smallest absolute Gasteiger partial charge is 0.268 e. The molecule has 3 aromatic rings. The summed E-state index contributed by atoms with van der Waals surface area (Å²) in [5.41, 5.74) is 1.95. The van der Waals surface area contributed by atoms with Crippen molar-refractivity contribution in [2.45, 2.75) is 6.42 Å². The van der Waals surface area contributed by atoms with Crippen molar-refractivity contribution in [3.63, 3.8) is 0 Å². The highest BCUT2D eigenvalue weighted by Gasteiger charge is 2.12. The van der Waals surface area contributed by atoms with Gasteiger partial charge in [-0.3, -0.25) is 10.1 Å². The highest BCUT2D eigenvalue weighted by molar-refractivity contribution is 7.15. The second-order valence-electron chi connectivity index (χ2n) is 5.69. The second kappa shape index (κ2) is 8.79. The normalized spacial score (nSPS) is 10.9. The van der Waals surface area contributed by atoms with Gasteiger partial charge in [-0.15, -0.1) is 11.3 Å². The molecule has 134 valence electrons. The fraction of sp³-hybridized carbons (Fsp3) is 0.0952. The number of carbonyl (C=O) groups is 1. The Morgan fingerprint density at radius 3 is 2.63 bits per heavy atom. The molecule has 0 bridgehead atoms. The van der Waals surface area contributed by atoms with Gasteiger partial charge in [-0.2, -0.15) is 5.26 Å². The average molecular weight is 375 g/mol. The number of nitrogens with zero attached hydrogens (tertiary/aromatic N) is 2. The monoisotopic (exact) mass is 375 g/mol. The fourth-order valence-electron chi connectivity index (χ4n) is 2.42. The number of hydrogen-bond donors (Lipinski definition) is 1. The van der Waals surface area contributed by atoms with E-state index in [2.05, 4.69) is 10.3 Å². The van der Waals surface area contributed by atoms with E-state index in [0.29, 0.717) is 11.6 Å². The van der Waals surface area contributed by atoms with Crippen LogP contribution in [0, 0.1) is 11.3 Å². The first-order valence-electron chi connectivity index (χ1n) is 8.24. The molecule has 6 heteroatoms. The summed E-state index contributed by atoms with van der Waals surface area (Å²) in [7, 11) is 1.63. The summed E-state index contributed by atoms with van der Waals surface area (Å²) < 4.78 is 5.15. The highest BCUT2D eigenvalue weighted by atomic mass is 32.1. The third-order valence-corrected chi connectivity index (χ3v) is 4.70. The van der Waals surface area contributed by atoms with Gasteiger partial charge in [0, 0.05) is 17.5 Å². The molecule has 5 nitrogen and oxygen atoms in total. The molecule has 0 saturated carbocycles. The molecule has 0 fully saturated rings. The third kappa shape index (κ3) is 5.03. The Kier molecular flexibility index (Phi) is 5.98. The van der Waals surface area contributed by atoms with E-state index in [4.69, 9.17) is 4.74 Å². The van der Waals surface area contributed by atoms with Gasteiger partial charge >= 0.3 is 0 Å². The molecule has 1 N–H and O–H groups in total. The summed E-state index contributed by atoms with van der Waals surface area (Å²) in [6.07, 6.45) is 4.00. The lowest BCUT2D eigenvalue weighted by molar-refractivity contribution is -0.112. The molecular weight excluding hydrogens is 358 g/mol. The number of nitriles is 1. The van der Waals surface area contributed by atoms with Crippen LogP contribution in [0.25, 0.3) is 6.08 Å². The molecule has 27 heavy (non-hydrogen) atoms. The van der Waals surface area contributed by atoms with Crippen molar-refractivity contribution >= 4 is 28.5 Å². The largest absolute Gasteiger partial charge is 0.497 e. The van der Waals surface area contributed by atoms with Crippen LogP contribution >= 0.6 is 11.3 Å². The van der Waals surface area contributed by atoms with Crippen LogP contribution in [0.5, 0.6) is 5.75 Å². The van der Waals surface area contributed by atoms with E-state index in [-0.39, 0.29) is 5.57 Å². The number of anilines is 1. The number of aromatic nitrogens is 1. The van der Waals surface area contributed by atoms with Crippen LogP contribution in [0.15, 0.2) is 66.4 Å². The van der Waals surface area contributed by atoms with Gasteiger partial charge in [-0.05, 0) is 29.3 Å². The Bertz CT molecular complexity index is 986. The number of amides is 1. The molecule has 0 radical (unpaired) electrons. The van der Waals surface area contributed by atoms with Crippen molar-refractivity contribution in [1.82, 2.24) is 4.98 Å². The maximum Gasteiger partial charge on any atom is 0.268 e. The van der Waals surface area contributed by atoms with Crippen LogP contribution in [0.4, 0.5) is 5.13 Å². The molecule has 1 aromatic heterocycles. The number of rotatable bonds is 6. The number of hydrogen-bond acceptors (Lipinski definition) is 5. The molecule has 0 spiro atoms. The van der Waals surface area contributed by atoms with E-state index in [1.165, 1.54) is 11.3 Å². The van der Waals surface area contributed by atoms with Crippen molar-refractivity contribution in [3.05, 3.63) is 82.4 Å². The number of methoxy groups -OCH3 is 1. The minimum atomic E-state index is -0.466. The van der Waals surface area contributed by atoms with Crippen LogP contribution < -0.4 is 10.1 Å². The van der Waals surface area contributed by atoms with Gasteiger partial charge in [0.15, 0.2) is 5.13 Å². The minimum Gasteiger partial charge on any atom is -0.497 e. The number of ether oxygens (including phenoxy) is 1. The Balaban J connectivity index is 1.66. The Hall–Kier alpha value is -3.43. The van der Waals surface area contributed by atoms with Crippen molar-refractivity contribution < 1.29 is 9.53 Å². The summed E-state index contributed by atoms with van der Waals surface area (Å²) in [4.78, 5) is 17.6. The summed E-state index contributed by atoms with van der Waals surface area (Å²) in [5.74, 6) is 0.344. The lowest BCUT2D eigenvalue weighted by Crippen LogP contribution is -2.13. The van der Waals surface area contributed by atoms with E-state index in [1.54, 1.807) is 19.4 Å². The quantitative estimate of drug-likeness (QED) is 0.515. The lowest BCUT2D eigenvalue weighted by Gasteiger charge is -2.02. The van der Waals surface area contributed by atoms with Crippen LogP contribution in [0.3, 0.4) is 0 Å². The third-order valence-electron chi connectivity index (χ3n) is 3.79. The van der Waals surface area contributed by atoms with E-state index in [0.717, 1.165) is 21.8 Å². The van der Waals surface area contributed by atoms with Crippen molar-refractivity contribution in [2.24, 2.45) is 0 Å². The summed E-state index contributed by atoms with van der Waals surface area (Å²) in [6.45, 7) is 0. The van der Waals surface area contributed by atoms with Crippen molar-refractivity contribution in [2.75, 3.05) is 12.4 Å². The molecule has 0 aliphatic carbocycles. The molecular formula is C21H17N3O2S. The zero-order chi connectivity index (χ0) is 19.1. The molecule has 1 heterocycles. The Morgan fingerprint density at radius 1 is 1.22 bits per heavy atom. The van der Waals surface area contributed by atoms with Gasteiger partial charge in [0.2, 0.25) is 0 Å². The molecule has 2 aromatic carbocycles. The van der Waals surface area contributed by atoms with Crippen LogP contribution in [0.2, 0.25) is 0 Å². The maximum atomic E-state index is 12.3. The van der Waals surface area contributed by atoms with Gasteiger partial charge < -0.3 is 4.74 Å². The standard InChI is InChI=1S/C21H17N3O2S/c1-26-18-9-7-16(8-10-18)12-19-14-23-21(27-19)24-20(25)17(13-22)11-15-5-3-2-4-6-15/h2-11,14H,12H2,1H3,(H,23,24,25)/b17-11+. The topological polar surface area (TPSA) is 75.0 Å². The first kappa shape index (κ1) is 18.4. The summed E-state index contributed by atoms with van der Waals surface area (Å²) >= 11 is 1.39. The second-order valence-corrected chi connectivity index (χ2v) is 6.81. The Morgan fingerprint density at radius 2 is 1.96 bits per heavy atom. The molecule has 3 rings (SSSR count). The minimum absolute atomic E-state index is 0.0353. The first-order chi connectivity index (χ1) is 13.2. The van der Waals surface area contributed by atoms with E-state index in [1.807, 2.05) is 60.7 Å². The molecule has 0 unspecified atom stereocenters. The maximum absolute atomic E-state index is 12.3. The van der Waals surface area contributed by atoms with E-state index in [9.17, 15) is 10.1 Å². The number of carbonyl (C=O) groups excluding carboxylic acids is 1. The van der Waals surface area contributed by atoms with Gasteiger partial charge in [0.1, 0.15) is 17.4 Å². The lowest BCUT2D eigenvalue weighted by atomic mass is 10.1. The van der Waals surface area contributed by atoms with Crippen LogP contribution in [-0.4, -0.2) is 18.0 Å². The molecule has 0 saturated heterocycles. The first-order valence-corrected chi connectivity index (χ1v) is 9.05. The van der Waals surface area contributed by atoms with Crippen LogP contribution in [-0.2, 0) is 11.2 Å². The predicted octanol–water partition coefficient (Wildman–Crippen LogP) is 4.29. The average Bonchev–Trinajstić information content (AvgIpc) is 3.14.